The van der Waals surface area contributed by atoms with Crippen molar-refractivity contribution in [3.63, 3.8) is 0 Å². The Bertz CT molecular complexity index is 1120. The number of nitrogens with zero attached hydrogens (tertiary/aromatic N) is 4. The van der Waals surface area contributed by atoms with Crippen molar-refractivity contribution in [2.24, 2.45) is 0 Å². The van der Waals surface area contributed by atoms with E-state index in [2.05, 4.69) is 15.0 Å². The third-order valence-electron chi connectivity index (χ3n) is 4.00. The minimum absolute atomic E-state index is 0.114. The van der Waals surface area contributed by atoms with E-state index in [1.54, 1.807) is 23.4 Å². The molecule has 0 radical (unpaired) electrons. The summed E-state index contributed by atoms with van der Waals surface area (Å²) >= 11 is 9.13. The van der Waals surface area contributed by atoms with Gasteiger partial charge in [0.05, 0.1) is 27.0 Å². The molecule has 0 aliphatic carbocycles. The molecule has 3 aromatic heterocycles. The maximum atomic E-state index is 13.4. The third kappa shape index (κ3) is 3.58. The van der Waals surface area contributed by atoms with E-state index in [0.29, 0.717) is 27.1 Å². The van der Waals surface area contributed by atoms with Gasteiger partial charge in [-0.05, 0) is 37.6 Å². The van der Waals surface area contributed by atoms with E-state index >= 15 is 0 Å². The Morgan fingerprint density at radius 1 is 1.15 bits per heavy atom. The molecule has 0 spiro atoms. The molecule has 8 heteroatoms. The highest BCUT2D eigenvalue weighted by Gasteiger charge is 2.25. The second-order valence-corrected chi connectivity index (χ2v) is 8.60. The molecule has 4 aromatic rings. The van der Waals surface area contributed by atoms with Gasteiger partial charge in [0, 0.05) is 12.4 Å². The largest absolute Gasteiger partial charge is 0.279 e. The Labute approximate surface area is 169 Å². The van der Waals surface area contributed by atoms with Crippen LogP contribution in [0.4, 0.5) is 5.13 Å². The first kappa shape index (κ1) is 18.0. The summed E-state index contributed by atoms with van der Waals surface area (Å²) in [6.07, 6.45) is 3.47. The number of anilines is 1. The van der Waals surface area contributed by atoms with Gasteiger partial charge in [-0.15, -0.1) is 11.3 Å². The number of hydrogen-bond donors (Lipinski definition) is 0. The highest BCUT2D eigenvalue weighted by Crippen LogP contribution is 2.34. The van der Waals surface area contributed by atoms with Gasteiger partial charge < -0.3 is 0 Å². The number of thiazole rings is 2. The number of benzene rings is 1. The van der Waals surface area contributed by atoms with Crippen molar-refractivity contribution in [1.82, 2.24) is 15.0 Å². The van der Waals surface area contributed by atoms with Crippen molar-refractivity contribution < 1.29 is 4.79 Å². The smallest absolute Gasteiger partial charge is 0.272 e. The van der Waals surface area contributed by atoms with Crippen LogP contribution in [-0.2, 0) is 6.54 Å². The normalized spacial score (nSPS) is 11.1. The molecule has 0 bridgehead atoms. The van der Waals surface area contributed by atoms with E-state index in [1.807, 2.05) is 38.1 Å². The molecule has 27 heavy (non-hydrogen) atoms. The topological polar surface area (TPSA) is 59.0 Å². The van der Waals surface area contributed by atoms with E-state index in [4.69, 9.17) is 11.6 Å². The standard InChI is InChI=1S/C19H15ClN4OS2/c1-11-17(26-12(2)22-11)18(25)24(10-13-5-4-8-21-9-13)19-23-16-14(20)6-3-7-15(16)27-19/h3-9H,10H2,1-2H3. The summed E-state index contributed by atoms with van der Waals surface area (Å²) in [4.78, 5) is 28.9. The van der Waals surface area contributed by atoms with Crippen LogP contribution in [0.2, 0.25) is 5.02 Å². The van der Waals surface area contributed by atoms with E-state index < -0.39 is 0 Å². The zero-order valence-corrected chi connectivity index (χ0v) is 17.0. The van der Waals surface area contributed by atoms with Crippen molar-refractivity contribution in [3.8, 4) is 0 Å². The molecule has 0 atom stereocenters. The maximum absolute atomic E-state index is 13.4. The summed E-state index contributed by atoms with van der Waals surface area (Å²) in [6.45, 7) is 4.13. The number of aryl methyl sites for hydroxylation is 2. The average molecular weight is 415 g/mol. The van der Waals surface area contributed by atoms with Crippen molar-refractivity contribution in [3.05, 3.63) is 68.9 Å². The quantitative estimate of drug-likeness (QED) is 0.456. The second-order valence-electron chi connectivity index (χ2n) is 5.98. The fourth-order valence-electron chi connectivity index (χ4n) is 2.77. The predicted molar refractivity (Wildman–Crippen MR) is 111 cm³/mol. The number of carbonyl (C=O) groups is 1. The van der Waals surface area contributed by atoms with Gasteiger partial charge in [0.15, 0.2) is 5.13 Å². The number of fused-ring (bicyclic) bond motifs is 1. The third-order valence-corrected chi connectivity index (χ3v) is 6.41. The molecular formula is C19H15ClN4OS2. The molecule has 1 aromatic carbocycles. The van der Waals surface area contributed by atoms with Crippen LogP contribution in [0.5, 0.6) is 0 Å². The van der Waals surface area contributed by atoms with Crippen LogP contribution >= 0.6 is 34.3 Å². The molecule has 0 saturated carbocycles. The molecule has 0 saturated heterocycles. The first-order valence-corrected chi connectivity index (χ1v) is 10.2. The van der Waals surface area contributed by atoms with E-state index in [1.165, 1.54) is 22.7 Å². The van der Waals surface area contributed by atoms with Crippen LogP contribution in [0.25, 0.3) is 10.2 Å². The van der Waals surface area contributed by atoms with Gasteiger partial charge in [-0.3, -0.25) is 14.7 Å². The summed E-state index contributed by atoms with van der Waals surface area (Å²) in [5.41, 5.74) is 2.37. The van der Waals surface area contributed by atoms with Crippen molar-refractivity contribution in [2.75, 3.05) is 4.90 Å². The lowest BCUT2D eigenvalue weighted by Crippen LogP contribution is -2.30. The molecule has 4 rings (SSSR count). The Kier molecular flexibility index (Phi) is 4.90. The lowest BCUT2D eigenvalue weighted by Gasteiger charge is -2.19. The summed E-state index contributed by atoms with van der Waals surface area (Å²) in [6, 6.07) is 9.44. The van der Waals surface area contributed by atoms with Gasteiger partial charge in [-0.1, -0.05) is 35.1 Å². The molecule has 3 heterocycles. The summed E-state index contributed by atoms with van der Waals surface area (Å²) in [7, 11) is 0. The first-order valence-electron chi connectivity index (χ1n) is 8.23. The molecule has 0 unspecified atom stereocenters. The molecule has 1 amide bonds. The fourth-order valence-corrected chi connectivity index (χ4v) is 4.90. The number of para-hydroxylation sites is 1. The summed E-state index contributed by atoms with van der Waals surface area (Å²) in [5, 5.41) is 2.05. The number of carbonyl (C=O) groups excluding carboxylic acids is 1. The van der Waals surface area contributed by atoms with E-state index in [-0.39, 0.29) is 5.91 Å². The number of halogens is 1. The van der Waals surface area contributed by atoms with Gasteiger partial charge in [0.25, 0.3) is 5.91 Å². The molecule has 5 nitrogen and oxygen atoms in total. The van der Waals surface area contributed by atoms with Gasteiger partial charge in [-0.25, -0.2) is 9.97 Å². The zero-order chi connectivity index (χ0) is 19.0. The van der Waals surface area contributed by atoms with Crippen LogP contribution < -0.4 is 4.90 Å². The Morgan fingerprint density at radius 2 is 2.00 bits per heavy atom. The SMILES string of the molecule is Cc1nc(C)c(C(=O)N(Cc2cccnc2)c2nc3c(Cl)cccc3s2)s1. The highest BCUT2D eigenvalue weighted by atomic mass is 35.5. The first-order chi connectivity index (χ1) is 13.0. The Morgan fingerprint density at radius 3 is 2.67 bits per heavy atom. The van der Waals surface area contributed by atoms with E-state index in [9.17, 15) is 4.79 Å². The summed E-state index contributed by atoms with van der Waals surface area (Å²) < 4.78 is 0.943. The number of rotatable bonds is 4. The number of aromatic nitrogens is 3. The zero-order valence-electron chi connectivity index (χ0n) is 14.6. The highest BCUT2D eigenvalue weighted by molar-refractivity contribution is 7.22. The Balaban J connectivity index is 1.80. The lowest BCUT2D eigenvalue weighted by molar-refractivity contribution is 0.0988. The molecular weight excluding hydrogens is 400 g/mol. The molecule has 0 fully saturated rings. The summed E-state index contributed by atoms with van der Waals surface area (Å²) in [5.74, 6) is -0.114. The molecule has 0 aliphatic heterocycles. The van der Waals surface area contributed by atoms with Crippen LogP contribution in [0.3, 0.4) is 0 Å². The van der Waals surface area contributed by atoms with Crippen LogP contribution in [0.15, 0.2) is 42.7 Å². The molecule has 136 valence electrons. The van der Waals surface area contributed by atoms with Crippen LogP contribution in [0, 0.1) is 13.8 Å². The van der Waals surface area contributed by atoms with Gasteiger partial charge in [-0.2, -0.15) is 0 Å². The van der Waals surface area contributed by atoms with Crippen molar-refractivity contribution in [1.29, 1.82) is 0 Å². The number of amides is 1. The van der Waals surface area contributed by atoms with Gasteiger partial charge >= 0.3 is 0 Å². The fraction of sp³-hybridized carbons (Fsp3) is 0.158. The lowest BCUT2D eigenvalue weighted by atomic mass is 10.2. The minimum atomic E-state index is -0.114. The minimum Gasteiger partial charge on any atom is -0.279 e. The predicted octanol–water partition coefficient (Wildman–Crippen LogP) is 5.27. The number of pyridine rings is 1. The van der Waals surface area contributed by atoms with Crippen molar-refractivity contribution in [2.45, 2.75) is 20.4 Å². The van der Waals surface area contributed by atoms with Crippen molar-refractivity contribution >= 4 is 55.5 Å². The second kappa shape index (κ2) is 7.34. The molecule has 0 aliphatic rings. The van der Waals surface area contributed by atoms with Crippen LogP contribution in [0.1, 0.15) is 25.9 Å². The van der Waals surface area contributed by atoms with Gasteiger partial charge in [0.2, 0.25) is 0 Å². The van der Waals surface area contributed by atoms with E-state index in [0.717, 1.165) is 21.0 Å². The maximum Gasteiger partial charge on any atom is 0.272 e. The van der Waals surface area contributed by atoms with Crippen LogP contribution in [-0.4, -0.2) is 20.9 Å². The molecule has 0 N–H and O–H groups in total. The Hall–Kier alpha value is -2.35. The monoisotopic (exact) mass is 414 g/mol. The van der Waals surface area contributed by atoms with Gasteiger partial charge in [0.1, 0.15) is 10.4 Å². The number of hydrogen-bond acceptors (Lipinski definition) is 6. The average Bonchev–Trinajstić information content (AvgIpc) is 3.23.